The molecule has 0 aromatic rings. The van der Waals surface area contributed by atoms with E-state index >= 15 is 0 Å². The summed E-state index contributed by atoms with van der Waals surface area (Å²) in [6, 6.07) is -1.70. The van der Waals surface area contributed by atoms with Crippen molar-refractivity contribution in [3.63, 3.8) is 0 Å². The van der Waals surface area contributed by atoms with Crippen LogP contribution in [0, 0.1) is 0 Å². The minimum absolute atomic E-state index is 0.334. The van der Waals surface area contributed by atoms with E-state index in [1.54, 1.807) is 0 Å². The molecule has 0 radical (unpaired) electrons. The van der Waals surface area contributed by atoms with E-state index in [4.69, 9.17) is 26.8 Å². The third kappa shape index (κ3) is 26.5. The lowest BCUT2D eigenvalue weighted by Crippen LogP contribution is -2.37. The smallest absolute Gasteiger partial charge is 0.321 e. The van der Waals surface area contributed by atoms with Gasteiger partial charge in [0.25, 0.3) is 0 Å². The van der Waals surface area contributed by atoms with Gasteiger partial charge >= 0.3 is 17.9 Å². The van der Waals surface area contributed by atoms with Gasteiger partial charge in [0.05, 0.1) is 6.42 Å². The number of aliphatic hydroxyl groups is 1. The van der Waals surface area contributed by atoms with Gasteiger partial charge in [0.15, 0.2) is 0 Å². The van der Waals surface area contributed by atoms with E-state index in [-0.39, 0.29) is 0 Å². The predicted octanol–water partition coefficient (Wildman–Crippen LogP) is 2.70. The van der Waals surface area contributed by atoms with Gasteiger partial charge in [0, 0.05) is 6.61 Å². The lowest BCUT2D eigenvalue weighted by molar-refractivity contribution is -0.144. The molecular formula is C24H49N3O7. The van der Waals surface area contributed by atoms with Crippen molar-refractivity contribution < 1.29 is 34.8 Å². The standard InChI is InChI=1S/C20H42N2O3.C4H7NO4/c21-16-12-11-15-19(20(24)25)22-17-13-9-7-5-3-1-2-4-6-8-10-14-18-23;5-2(4(8)9)1-3(6)7/h19,22-23H,1-18,21H2,(H,24,25);2H,1,5H2,(H,6,7)(H,8,9)/t19-;2-/m00/s1. The number of nitrogens with one attached hydrogen (secondary N) is 1. The van der Waals surface area contributed by atoms with Gasteiger partial charge in [-0.25, -0.2) is 0 Å². The summed E-state index contributed by atoms with van der Waals surface area (Å²) in [6.45, 7) is 1.77. The fraction of sp³-hybridized carbons (Fsp3) is 0.875. The molecule has 0 saturated carbocycles. The summed E-state index contributed by atoms with van der Waals surface area (Å²) in [7, 11) is 0. The zero-order chi connectivity index (χ0) is 26.0. The fourth-order valence-electron chi connectivity index (χ4n) is 3.36. The Morgan fingerprint density at radius 1 is 0.676 bits per heavy atom. The number of carbonyl (C=O) groups is 3. The first-order chi connectivity index (χ1) is 16.3. The van der Waals surface area contributed by atoms with Gasteiger partial charge < -0.3 is 37.2 Å². The maximum atomic E-state index is 11.2. The molecule has 0 amide bonds. The number of rotatable bonds is 23. The van der Waals surface area contributed by atoms with Crippen LogP contribution in [-0.4, -0.2) is 70.1 Å². The van der Waals surface area contributed by atoms with Crippen LogP contribution >= 0.6 is 0 Å². The van der Waals surface area contributed by atoms with Gasteiger partial charge in [-0.1, -0.05) is 70.6 Å². The van der Waals surface area contributed by atoms with Crippen LogP contribution in [0.15, 0.2) is 0 Å². The molecule has 0 saturated heterocycles. The van der Waals surface area contributed by atoms with Gasteiger partial charge in [0.2, 0.25) is 0 Å². The topological polar surface area (TPSA) is 196 Å². The Labute approximate surface area is 204 Å². The molecule has 0 aromatic carbocycles. The Balaban J connectivity index is 0. The number of aliphatic hydroxyl groups excluding tert-OH is 1. The quantitative estimate of drug-likeness (QED) is 0.104. The van der Waals surface area contributed by atoms with Gasteiger partial charge in [-0.05, 0) is 38.8 Å². The zero-order valence-corrected chi connectivity index (χ0v) is 20.8. The third-order valence-corrected chi connectivity index (χ3v) is 5.43. The molecule has 0 fully saturated rings. The molecule has 10 nitrogen and oxygen atoms in total. The predicted molar refractivity (Wildman–Crippen MR) is 133 cm³/mol. The monoisotopic (exact) mass is 491 g/mol. The first-order valence-corrected chi connectivity index (χ1v) is 12.7. The van der Waals surface area contributed by atoms with Crippen LogP contribution in [0.3, 0.4) is 0 Å². The highest BCUT2D eigenvalue weighted by molar-refractivity contribution is 5.80. The van der Waals surface area contributed by atoms with E-state index in [0.29, 0.717) is 19.6 Å². The van der Waals surface area contributed by atoms with Crippen molar-refractivity contribution in [3.8, 4) is 0 Å². The van der Waals surface area contributed by atoms with E-state index < -0.39 is 36.4 Å². The highest BCUT2D eigenvalue weighted by atomic mass is 16.4. The largest absolute Gasteiger partial charge is 0.481 e. The number of carboxylic acid groups (broad SMARTS) is 3. The van der Waals surface area contributed by atoms with E-state index in [0.717, 1.165) is 32.2 Å². The third-order valence-electron chi connectivity index (χ3n) is 5.43. The van der Waals surface area contributed by atoms with Crippen LogP contribution < -0.4 is 16.8 Å². The second-order valence-corrected chi connectivity index (χ2v) is 8.64. The number of hydrogen-bond donors (Lipinski definition) is 7. The van der Waals surface area contributed by atoms with Crippen molar-refractivity contribution in [2.45, 2.75) is 115 Å². The second-order valence-electron chi connectivity index (χ2n) is 8.64. The molecule has 0 aromatic heterocycles. The summed E-state index contributed by atoms with van der Waals surface area (Å²) < 4.78 is 0. The molecular weight excluding hydrogens is 442 g/mol. The number of nitrogens with two attached hydrogens (primary N) is 2. The maximum absolute atomic E-state index is 11.2. The Bertz CT molecular complexity index is 507. The maximum Gasteiger partial charge on any atom is 0.321 e. The van der Waals surface area contributed by atoms with E-state index in [2.05, 4.69) is 5.32 Å². The molecule has 2 atom stereocenters. The number of hydrogen-bond acceptors (Lipinski definition) is 7. The highest BCUT2D eigenvalue weighted by Crippen LogP contribution is 2.12. The van der Waals surface area contributed by atoms with Gasteiger partial charge in [-0.15, -0.1) is 0 Å². The van der Waals surface area contributed by atoms with Crippen LogP contribution in [-0.2, 0) is 14.4 Å². The van der Waals surface area contributed by atoms with Crippen LogP contribution in [0.4, 0.5) is 0 Å². The minimum atomic E-state index is -1.29. The minimum Gasteiger partial charge on any atom is -0.481 e. The van der Waals surface area contributed by atoms with E-state index in [9.17, 15) is 19.5 Å². The van der Waals surface area contributed by atoms with Gasteiger partial charge in [-0.3, -0.25) is 14.4 Å². The molecule has 0 heterocycles. The zero-order valence-electron chi connectivity index (χ0n) is 20.8. The van der Waals surface area contributed by atoms with Gasteiger partial charge in [-0.2, -0.15) is 0 Å². The Morgan fingerprint density at radius 3 is 1.50 bits per heavy atom. The Morgan fingerprint density at radius 2 is 1.15 bits per heavy atom. The molecule has 0 bridgehead atoms. The molecule has 0 spiro atoms. The normalized spacial score (nSPS) is 12.4. The molecule has 202 valence electrons. The average molecular weight is 492 g/mol. The Hall–Kier alpha value is -1.75. The van der Waals surface area contributed by atoms with Crippen molar-refractivity contribution in [1.29, 1.82) is 0 Å². The van der Waals surface area contributed by atoms with Crippen LogP contribution in [0.25, 0.3) is 0 Å². The van der Waals surface area contributed by atoms with Crippen molar-refractivity contribution in [3.05, 3.63) is 0 Å². The first kappa shape index (κ1) is 34.4. The molecule has 0 aliphatic rings. The summed E-state index contributed by atoms with van der Waals surface area (Å²) in [5, 5.41) is 37.1. The van der Waals surface area contributed by atoms with Crippen molar-refractivity contribution >= 4 is 17.9 Å². The SMILES string of the molecule is NCCCC[C@H](NCCCCCCCCCCCCCCO)C(=O)O.N[C@@H](CC(=O)O)C(=O)O. The van der Waals surface area contributed by atoms with Crippen LogP contribution in [0.1, 0.15) is 103 Å². The summed E-state index contributed by atoms with van der Waals surface area (Å²) >= 11 is 0. The summed E-state index contributed by atoms with van der Waals surface area (Å²) in [4.78, 5) is 30.8. The molecule has 10 heteroatoms. The first-order valence-electron chi connectivity index (χ1n) is 12.7. The fourth-order valence-corrected chi connectivity index (χ4v) is 3.36. The summed E-state index contributed by atoms with van der Waals surface area (Å²) in [6.07, 6.45) is 16.7. The summed E-state index contributed by atoms with van der Waals surface area (Å²) in [5.41, 5.74) is 10.3. The lowest BCUT2D eigenvalue weighted by Gasteiger charge is -2.14. The second kappa shape index (κ2) is 25.9. The average Bonchev–Trinajstić information content (AvgIpc) is 2.78. The number of carboxylic acids is 3. The molecule has 0 aliphatic carbocycles. The molecule has 0 unspecified atom stereocenters. The molecule has 0 rings (SSSR count). The van der Waals surface area contributed by atoms with Crippen LogP contribution in [0.2, 0.25) is 0 Å². The van der Waals surface area contributed by atoms with E-state index in [1.807, 2.05) is 0 Å². The molecule has 0 aliphatic heterocycles. The van der Waals surface area contributed by atoms with Crippen molar-refractivity contribution in [1.82, 2.24) is 5.32 Å². The highest BCUT2D eigenvalue weighted by Gasteiger charge is 2.15. The Kier molecular flexibility index (Phi) is 26.2. The molecule has 9 N–H and O–H groups in total. The lowest BCUT2D eigenvalue weighted by atomic mass is 10.0. The van der Waals surface area contributed by atoms with Crippen molar-refractivity contribution in [2.75, 3.05) is 19.7 Å². The molecule has 34 heavy (non-hydrogen) atoms. The summed E-state index contributed by atoms with van der Waals surface area (Å²) in [5.74, 6) is -3.24. The number of unbranched alkanes of at least 4 members (excludes halogenated alkanes) is 12. The number of aliphatic carboxylic acids is 3. The van der Waals surface area contributed by atoms with Crippen LogP contribution in [0.5, 0.6) is 0 Å². The van der Waals surface area contributed by atoms with Gasteiger partial charge in [0.1, 0.15) is 12.1 Å². The van der Waals surface area contributed by atoms with Crippen molar-refractivity contribution in [2.24, 2.45) is 11.5 Å². The van der Waals surface area contributed by atoms with E-state index in [1.165, 1.54) is 64.2 Å².